The van der Waals surface area contributed by atoms with Gasteiger partial charge in [0.05, 0.1) is 25.6 Å². The smallest absolute Gasteiger partial charge is 0.309 e. The lowest BCUT2D eigenvalue weighted by atomic mass is 9.79. The molecule has 20 heavy (non-hydrogen) atoms. The number of carbonyl (C=O) groups is 2. The van der Waals surface area contributed by atoms with Crippen LogP contribution in [0, 0.1) is 17.8 Å². The molecule has 0 bridgehead atoms. The molecular weight excluding hydrogens is 256 g/mol. The lowest BCUT2D eigenvalue weighted by Gasteiger charge is -2.29. The van der Waals surface area contributed by atoms with Crippen molar-refractivity contribution in [2.75, 3.05) is 13.7 Å². The molecule has 0 heterocycles. The maximum Gasteiger partial charge on any atom is 0.309 e. The maximum absolute atomic E-state index is 12.2. The highest BCUT2D eigenvalue weighted by molar-refractivity contribution is 5.82. The summed E-state index contributed by atoms with van der Waals surface area (Å²) in [6, 6.07) is 0. The van der Waals surface area contributed by atoms with Crippen LogP contribution in [0.4, 0.5) is 0 Å². The van der Waals surface area contributed by atoms with E-state index in [-0.39, 0.29) is 23.8 Å². The number of methoxy groups -OCH3 is 1. The van der Waals surface area contributed by atoms with Gasteiger partial charge in [-0.2, -0.15) is 0 Å². The molecule has 114 valence electrons. The van der Waals surface area contributed by atoms with E-state index in [0.29, 0.717) is 12.5 Å². The van der Waals surface area contributed by atoms with Crippen LogP contribution in [0.5, 0.6) is 0 Å². The highest BCUT2D eigenvalue weighted by Crippen LogP contribution is 2.32. The van der Waals surface area contributed by atoms with Crippen molar-refractivity contribution in [2.45, 2.75) is 57.8 Å². The van der Waals surface area contributed by atoms with Crippen LogP contribution in [0.2, 0.25) is 0 Å². The first-order valence-electron chi connectivity index (χ1n) is 7.97. The number of carbonyl (C=O) groups excluding carboxylic acids is 2. The Bertz CT molecular complexity index is 333. The average molecular weight is 282 g/mol. The molecule has 0 amide bonds. The van der Waals surface area contributed by atoms with Gasteiger partial charge in [0.2, 0.25) is 0 Å². The molecule has 0 aromatic rings. The summed E-state index contributed by atoms with van der Waals surface area (Å²) in [5.74, 6) is -0.518. The summed E-state index contributed by atoms with van der Waals surface area (Å²) in [5, 5.41) is 0. The largest absolute Gasteiger partial charge is 0.469 e. The molecule has 2 atom stereocenters. The van der Waals surface area contributed by atoms with Crippen LogP contribution in [0.3, 0.4) is 0 Å². The van der Waals surface area contributed by atoms with E-state index in [4.69, 9.17) is 9.47 Å². The molecule has 0 aliphatic heterocycles. The predicted molar refractivity (Wildman–Crippen MR) is 75.0 cm³/mol. The summed E-state index contributed by atoms with van der Waals surface area (Å²) >= 11 is 0. The maximum atomic E-state index is 12.2. The molecule has 0 N–H and O–H groups in total. The van der Waals surface area contributed by atoms with Gasteiger partial charge < -0.3 is 9.47 Å². The van der Waals surface area contributed by atoms with Crippen molar-refractivity contribution in [1.29, 1.82) is 0 Å². The molecular formula is C16H26O4. The van der Waals surface area contributed by atoms with Crippen molar-refractivity contribution in [3.05, 3.63) is 0 Å². The second-order valence-electron chi connectivity index (χ2n) is 6.15. The van der Waals surface area contributed by atoms with Crippen molar-refractivity contribution >= 4 is 11.9 Å². The zero-order valence-corrected chi connectivity index (χ0v) is 12.4. The molecule has 4 nitrogen and oxygen atoms in total. The Labute approximate surface area is 121 Å². The number of rotatable bonds is 4. The van der Waals surface area contributed by atoms with Gasteiger partial charge in [0.15, 0.2) is 0 Å². The van der Waals surface area contributed by atoms with Crippen LogP contribution in [0.25, 0.3) is 0 Å². The van der Waals surface area contributed by atoms with Gasteiger partial charge in [0.1, 0.15) is 0 Å². The van der Waals surface area contributed by atoms with Crippen molar-refractivity contribution in [2.24, 2.45) is 17.8 Å². The summed E-state index contributed by atoms with van der Waals surface area (Å²) in [7, 11) is 1.39. The Morgan fingerprint density at radius 1 is 0.850 bits per heavy atom. The third kappa shape index (κ3) is 3.97. The van der Waals surface area contributed by atoms with E-state index in [1.54, 1.807) is 0 Å². The molecule has 2 saturated carbocycles. The van der Waals surface area contributed by atoms with Gasteiger partial charge in [-0.25, -0.2) is 0 Å². The zero-order valence-electron chi connectivity index (χ0n) is 12.4. The monoisotopic (exact) mass is 282 g/mol. The number of esters is 2. The molecule has 2 unspecified atom stereocenters. The Balaban J connectivity index is 1.83. The first kappa shape index (κ1) is 15.3. The minimum Gasteiger partial charge on any atom is -0.469 e. The minimum absolute atomic E-state index is 0.189. The third-order valence-corrected chi connectivity index (χ3v) is 4.76. The Kier molecular flexibility index (Phi) is 5.86. The van der Waals surface area contributed by atoms with E-state index in [2.05, 4.69) is 0 Å². The topological polar surface area (TPSA) is 52.6 Å². The normalized spacial score (nSPS) is 27.9. The quantitative estimate of drug-likeness (QED) is 0.744. The Morgan fingerprint density at radius 3 is 2.00 bits per heavy atom. The minimum atomic E-state index is -0.299. The van der Waals surface area contributed by atoms with Crippen LogP contribution in [-0.2, 0) is 19.1 Å². The van der Waals surface area contributed by atoms with Gasteiger partial charge in [0.25, 0.3) is 0 Å². The fraction of sp³-hybridized carbons (Fsp3) is 0.875. The lowest BCUT2D eigenvalue weighted by molar-refractivity contribution is -0.162. The van der Waals surface area contributed by atoms with E-state index in [1.807, 2.05) is 0 Å². The molecule has 0 saturated heterocycles. The van der Waals surface area contributed by atoms with Crippen LogP contribution in [0.15, 0.2) is 0 Å². The predicted octanol–water partition coefficient (Wildman–Crippen LogP) is 3.09. The zero-order chi connectivity index (χ0) is 14.4. The number of hydrogen-bond acceptors (Lipinski definition) is 4. The van der Waals surface area contributed by atoms with Crippen molar-refractivity contribution < 1.29 is 19.1 Å². The number of ether oxygens (including phenoxy) is 2. The van der Waals surface area contributed by atoms with E-state index >= 15 is 0 Å². The average Bonchev–Trinajstić information content (AvgIpc) is 2.52. The van der Waals surface area contributed by atoms with Crippen LogP contribution < -0.4 is 0 Å². The molecule has 0 aromatic heterocycles. The summed E-state index contributed by atoms with van der Waals surface area (Å²) < 4.78 is 10.3. The summed E-state index contributed by atoms with van der Waals surface area (Å²) in [5.41, 5.74) is 0. The molecule has 4 heteroatoms. The summed E-state index contributed by atoms with van der Waals surface area (Å²) in [6.45, 7) is 0.531. The van der Waals surface area contributed by atoms with Crippen LogP contribution in [0.1, 0.15) is 57.8 Å². The molecule has 2 fully saturated rings. The van der Waals surface area contributed by atoms with E-state index < -0.39 is 0 Å². The van der Waals surface area contributed by atoms with Crippen molar-refractivity contribution in [3.8, 4) is 0 Å². The van der Waals surface area contributed by atoms with E-state index in [0.717, 1.165) is 25.7 Å². The van der Waals surface area contributed by atoms with Crippen LogP contribution in [-0.4, -0.2) is 25.7 Å². The van der Waals surface area contributed by atoms with Gasteiger partial charge in [0, 0.05) is 0 Å². The molecule has 0 aromatic carbocycles. The molecule has 2 aliphatic rings. The molecule has 0 spiro atoms. The summed E-state index contributed by atoms with van der Waals surface area (Å²) in [6.07, 6.45) is 9.61. The van der Waals surface area contributed by atoms with E-state index in [1.165, 1.54) is 39.2 Å². The highest BCUT2D eigenvalue weighted by Gasteiger charge is 2.37. The highest BCUT2D eigenvalue weighted by atomic mass is 16.5. The first-order valence-corrected chi connectivity index (χ1v) is 7.97. The van der Waals surface area contributed by atoms with Gasteiger partial charge in [-0.05, 0) is 31.6 Å². The van der Waals surface area contributed by atoms with Gasteiger partial charge in [-0.15, -0.1) is 0 Å². The third-order valence-electron chi connectivity index (χ3n) is 4.76. The SMILES string of the molecule is COC(=O)C1CCCCC1C(=O)OCC1CCCCC1. The van der Waals surface area contributed by atoms with Crippen molar-refractivity contribution in [1.82, 2.24) is 0 Å². The molecule has 2 rings (SSSR count). The van der Waals surface area contributed by atoms with Crippen LogP contribution >= 0.6 is 0 Å². The first-order chi connectivity index (χ1) is 9.72. The Morgan fingerprint density at radius 2 is 1.40 bits per heavy atom. The Hall–Kier alpha value is -1.06. The van der Waals surface area contributed by atoms with Gasteiger partial charge >= 0.3 is 11.9 Å². The second-order valence-corrected chi connectivity index (χ2v) is 6.15. The summed E-state index contributed by atoms with van der Waals surface area (Å²) in [4.78, 5) is 24.0. The van der Waals surface area contributed by atoms with Gasteiger partial charge in [-0.1, -0.05) is 32.1 Å². The fourth-order valence-electron chi connectivity index (χ4n) is 3.51. The molecule has 0 radical (unpaired) electrons. The number of hydrogen-bond donors (Lipinski definition) is 0. The standard InChI is InChI=1S/C16H26O4/c1-19-15(17)13-9-5-6-10-14(13)16(18)20-11-12-7-3-2-4-8-12/h12-14H,2-11H2,1H3. The molecule has 2 aliphatic carbocycles. The van der Waals surface area contributed by atoms with E-state index in [9.17, 15) is 9.59 Å². The second kappa shape index (κ2) is 7.65. The lowest BCUT2D eigenvalue weighted by Crippen LogP contribution is -2.35. The van der Waals surface area contributed by atoms with Crippen molar-refractivity contribution in [3.63, 3.8) is 0 Å². The van der Waals surface area contributed by atoms with Gasteiger partial charge in [-0.3, -0.25) is 9.59 Å². The fourth-order valence-corrected chi connectivity index (χ4v) is 3.51.